The van der Waals surface area contributed by atoms with Crippen LogP contribution in [0.1, 0.15) is 16.7 Å². The third kappa shape index (κ3) is 5.69. The first-order chi connectivity index (χ1) is 26.5. The van der Waals surface area contributed by atoms with Crippen LogP contribution in [0.4, 0.5) is 0 Å². The number of nitrogens with zero attached hydrogens (tertiary/aromatic N) is 4. The van der Waals surface area contributed by atoms with Gasteiger partial charge in [0, 0.05) is 52.5 Å². The lowest BCUT2D eigenvalue weighted by Crippen LogP contribution is -2.00. The minimum absolute atomic E-state index is 0.711. The molecule has 0 fully saturated rings. The first-order valence-corrected chi connectivity index (χ1v) is 18.1. The lowest BCUT2D eigenvalue weighted by molar-refractivity contribution is 0.414. The number of rotatable bonds is 8. The summed E-state index contributed by atoms with van der Waals surface area (Å²) in [6.07, 6.45) is 5.88. The molecule has 9 aromatic rings. The molecule has 0 radical (unpaired) electrons. The molecule has 0 atom stereocenters. The zero-order valence-corrected chi connectivity index (χ0v) is 30.6. The minimum atomic E-state index is 0.711. The summed E-state index contributed by atoms with van der Waals surface area (Å²) in [5.41, 5.74) is 13.9. The van der Waals surface area contributed by atoms with Crippen molar-refractivity contribution in [1.82, 2.24) is 19.3 Å². The highest BCUT2D eigenvalue weighted by Crippen LogP contribution is 2.46. The molecule has 0 bridgehead atoms. The molecule has 6 aromatic carbocycles. The van der Waals surface area contributed by atoms with E-state index in [1.807, 2.05) is 53.3 Å². The summed E-state index contributed by atoms with van der Waals surface area (Å²) in [5.74, 6) is 2.96. The fraction of sp³-hybridized carbons (Fsp3) is 0.0833. The van der Waals surface area contributed by atoms with E-state index >= 15 is 0 Å². The van der Waals surface area contributed by atoms with Crippen LogP contribution < -0.4 is 9.47 Å². The van der Waals surface area contributed by atoms with Crippen molar-refractivity contribution < 1.29 is 9.47 Å². The van der Waals surface area contributed by atoms with Gasteiger partial charge in [0.25, 0.3) is 0 Å². The average Bonchev–Trinajstić information content (AvgIpc) is 3.84. The number of benzene rings is 6. The van der Waals surface area contributed by atoms with Crippen molar-refractivity contribution in [3.63, 3.8) is 0 Å². The van der Waals surface area contributed by atoms with Gasteiger partial charge in [-0.15, -0.1) is 0 Å². The molecule has 0 unspecified atom stereocenters. The molecule has 6 heteroatoms. The monoisotopic (exact) mass is 702 g/mol. The van der Waals surface area contributed by atoms with Gasteiger partial charge in [-0.3, -0.25) is 4.57 Å². The van der Waals surface area contributed by atoms with Crippen LogP contribution in [-0.4, -0.2) is 26.4 Å². The maximum atomic E-state index is 6.57. The lowest BCUT2D eigenvalue weighted by Gasteiger charge is -2.23. The van der Waals surface area contributed by atoms with Gasteiger partial charge in [-0.1, -0.05) is 84.9 Å². The lowest BCUT2D eigenvalue weighted by atomic mass is 9.81. The van der Waals surface area contributed by atoms with Crippen LogP contribution in [0.15, 0.2) is 158 Å². The predicted molar refractivity (Wildman–Crippen MR) is 219 cm³/mol. The molecule has 0 aliphatic heterocycles. The molecular formula is C48H38N4O2. The normalized spacial score (nSPS) is 11.3. The molecule has 3 heterocycles. The molecule has 3 aromatic heterocycles. The van der Waals surface area contributed by atoms with Crippen molar-refractivity contribution in [2.24, 2.45) is 0 Å². The van der Waals surface area contributed by atoms with Crippen molar-refractivity contribution in [3.8, 4) is 62.1 Å². The number of hydrogen-bond acceptors (Lipinski definition) is 4. The van der Waals surface area contributed by atoms with Crippen molar-refractivity contribution in [2.75, 3.05) is 7.11 Å². The molecule has 6 nitrogen and oxygen atoms in total. The Kier molecular flexibility index (Phi) is 8.28. The van der Waals surface area contributed by atoms with Gasteiger partial charge in [-0.25, -0.2) is 9.67 Å². The Hall–Kier alpha value is -6.92. The standard InChI is InChI=1S/C48H38N4O2/c1-31-32(2)46(34-14-7-5-8-15-34)48(47(33(31)3)35-16-9-6-10-17-35)36-29-50-51(30-36)37-18-13-19-39(26-37)54-40-22-23-42-41-20-11-12-21-43(41)52(44(42)27-40)45-28-38(53-4)24-25-49-45/h5-30H,1-4H3. The van der Waals surface area contributed by atoms with Crippen LogP contribution in [0.5, 0.6) is 17.2 Å². The number of methoxy groups -OCH3 is 1. The highest BCUT2D eigenvalue weighted by molar-refractivity contribution is 6.09. The second-order valence-electron chi connectivity index (χ2n) is 13.6. The molecule has 0 spiro atoms. The smallest absolute Gasteiger partial charge is 0.141 e. The number of pyridine rings is 1. The molecule has 0 aliphatic rings. The van der Waals surface area contributed by atoms with Gasteiger partial charge in [0.1, 0.15) is 23.1 Å². The number of para-hydroxylation sites is 1. The number of fused-ring (bicyclic) bond motifs is 3. The molecule has 9 rings (SSSR count). The third-order valence-corrected chi connectivity index (χ3v) is 10.5. The molecule has 54 heavy (non-hydrogen) atoms. The van der Waals surface area contributed by atoms with E-state index < -0.39 is 0 Å². The molecule has 262 valence electrons. The maximum Gasteiger partial charge on any atom is 0.141 e. The first kappa shape index (κ1) is 33.0. The zero-order chi connectivity index (χ0) is 36.8. The Morgan fingerprint density at radius 1 is 0.519 bits per heavy atom. The van der Waals surface area contributed by atoms with Gasteiger partial charge in [0.05, 0.1) is 30.0 Å². The van der Waals surface area contributed by atoms with E-state index in [2.05, 4.69) is 129 Å². The van der Waals surface area contributed by atoms with Crippen molar-refractivity contribution in [2.45, 2.75) is 20.8 Å². The van der Waals surface area contributed by atoms with E-state index in [4.69, 9.17) is 19.6 Å². The van der Waals surface area contributed by atoms with Gasteiger partial charge >= 0.3 is 0 Å². The molecule has 0 amide bonds. The van der Waals surface area contributed by atoms with E-state index in [0.717, 1.165) is 50.4 Å². The van der Waals surface area contributed by atoms with E-state index in [0.29, 0.717) is 5.75 Å². The summed E-state index contributed by atoms with van der Waals surface area (Å²) in [5, 5.41) is 7.19. The summed E-state index contributed by atoms with van der Waals surface area (Å²) in [7, 11) is 1.67. The van der Waals surface area contributed by atoms with Gasteiger partial charge in [0.2, 0.25) is 0 Å². The van der Waals surface area contributed by atoms with Crippen LogP contribution >= 0.6 is 0 Å². The van der Waals surface area contributed by atoms with Gasteiger partial charge in [-0.05, 0) is 96.1 Å². The van der Waals surface area contributed by atoms with Crippen LogP contribution in [0.25, 0.3) is 66.7 Å². The van der Waals surface area contributed by atoms with Crippen LogP contribution in [0.3, 0.4) is 0 Å². The van der Waals surface area contributed by atoms with Crippen LogP contribution in [-0.2, 0) is 0 Å². The van der Waals surface area contributed by atoms with Crippen LogP contribution in [0.2, 0.25) is 0 Å². The predicted octanol–water partition coefficient (Wildman–Crippen LogP) is 12.1. The fourth-order valence-corrected chi connectivity index (χ4v) is 7.70. The maximum absolute atomic E-state index is 6.57. The second kappa shape index (κ2) is 13.6. The molecule has 0 aliphatic carbocycles. The highest BCUT2D eigenvalue weighted by atomic mass is 16.5. The van der Waals surface area contributed by atoms with Crippen LogP contribution in [0, 0.1) is 20.8 Å². The summed E-state index contributed by atoms with van der Waals surface area (Å²) < 4.78 is 16.2. The van der Waals surface area contributed by atoms with Gasteiger partial charge in [-0.2, -0.15) is 5.10 Å². The number of aromatic nitrogens is 4. The fourth-order valence-electron chi connectivity index (χ4n) is 7.70. The van der Waals surface area contributed by atoms with E-state index in [1.54, 1.807) is 13.3 Å². The molecule has 0 N–H and O–H groups in total. The number of ether oxygens (including phenoxy) is 2. The van der Waals surface area contributed by atoms with Crippen molar-refractivity contribution in [1.29, 1.82) is 0 Å². The first-order valence-electron chi connectivity index (χ1n) is 18.1. The molecular weight excluding hydrogens is 665 g/mol. The SMILES string of the molecule is COc1ccnc(-n2c3ccccc3c3ccc(Oc4cccc(-n5cc(-c6c(-c7ccccc7)c(C)c(C)c(C)c6-c6ccccc6)cn5)c4)cc32)c1. The number of hydrogen-bond donors (Lipinski definition) is 0. The summed E-state index contributed by atoms with van der Waals surface area (Å²) in [6, 6.07) is 47.8. The summed E-state index contributed by atoms with van der Waals surface area (Å²) in [6.45, 7) is 6.70. The Labute approximate surface area is 314 Å². The van der Waals surface area contributed by atoms with E-state index in [1.165, 1.54) is 44.5 Å². The minimum Gasteiger partial charge on any atom is -0.497 e. The molecule has 0 saturated carbocycles. The van der Waals surface area contributed by atoms with Crippen molar-refractivity contribution in [3.05, 3.63) is 175 Å². The third-order valence-electron chi connectivity index (χ3n) is 10.5. The average molecular weight is 703 g/mol. The zero-order valence-electron chi connectivity index (χ0n) is 30.6. The summed E-state index contributed by atoms with van der Waals surface area (Å²) >= 11 is 0. The topological polar surface area (TPSA) is 54.1 Å². The Morgan fingerprint density at radius 2 is 1.19 bits per heavy atom. The molecule has 0 saturated heterocycles. The largest absolute Gasteiger partial charge is 0.497 e. The van der Waals surface area contributed by atoms with Gasteiger partial charge in [0.15, 0.2) is 0 Å². The Balaban J connectivity index is 1.12. The second-order valence-corrected chi connectivity index (χ2v) is 13.6. The Bertz CT molecular complexity index is 2750. The van der Waals surface area contributed by atoms with E-state index in [-0.39, 0.29) is 0 Å². The van der Waals surface area contributed by atoms with Gasteiger partial charge < -0.3 is 9.47 Å². The summed E-state index contributed by atoms with van der Waals surface area (Å²) in [4.78, 5) is 4.70. The quantitative estimate of drug-likeness (QED) is 0.158. The highest BCUT2D eigenvalue weighted by Gasteiger charge is 2.23. The van der Waals surface area contributed by atoms with E-state index in [9.17, 15) is 0 Å². The Morgan fingerprint density at radius 3 is 1.91 bits per heavy atom. The van der Waals surface area contributed by atoms with Crippen molar-refractivity contribution >= 4 is 21.8 Å².